The van der Waals surface area contributed by atoms with Crippen LogP contribution in [-0.2, 0) is 6.18 Å². The van der Waals surface area contributed by atoms with Crippen molar-refractivity contribution in [1.29, 1.82) is 0 Å². The van der Waals surface area contributed by atoms with Crippen LogP contribution >= 0.6 is 0 Å². The summed E-state index contributed by atoms with van der Waals surface area (Å²) in [6, 6.07) is 3.71. The first-order valence-electron chi connectivity index (χ1n) is 7.74. The molecule has 10 heteroatoms. The number of primary amides is 1. The molecule has 0 radical (unpaired) electrons. The molecule has 4 N–H and O–H groups in total. The van der Waals surface area contributed by atoms with Gasteiger partial charge in [-0.1, -0.05) is 6.07 Å². The molecular weight excluding hydrogens is 339 g/mol. The van der Waals surface area contributed by atoms with Gasteiger partial charge in [-0.3, -0.25) is 10.2 Å². The van der Waals surface area contributed by atoms with Crippen molar-refractivity contribution < 1.29 is 22.8 Å². The summed E-state index contributed by atoms with van der Waals surface area (Å²) in [6.07, 6.45) is -4.35. The summed E-state index contributed by atoms with van der Waals surface area (Å²) in [5.74, 6) is 0. The second-order valence-corrected chi connectivity index (χ2v) is 5.62. The van der Waals surface area contributed by atoms with E-state index in [1.165, 1.54) is 6.07 Å². The molecule has 0 atom stereocenters. The first-order chi connectivity index (χ1) is 11.8. The minimum absolute atomic E-state index is 0.336. The largest absolute Gasteiger partial charge is 0.416 e. The van der Waals surface area contributed by atoms with Crippen molar-refractivity contribution in [3.05, 3.63) is 29.8 Å². The van der Waals surface area contributed by atoms with E-state index in [0.717, 1.165) is 12.1 Å². The molecule has 138 valence electrons. The zero-order valence-corrected chi connectivity index (χ0v) is 13.5. The van der Waals surface area contributed by atoms with Gasteiger partial charge >= 0.3 is 18.2 Å². The molecule has 0 aromatic heterocycles. The third kappa shape index (κ3) is 5.82. The van der Waals surface area contributed by atoms with Gasteiger partial charge in [0.2, 0.25) is 0 Å². The van der Waals surface area contributed by atoms with E-state index in [-0.39, 0.29) is 0 Å². The minimum Gasteiger partial charge on any atom is -0.369 e. The number of amides is 4. The van der Waals surface area contributed by atoms with Gasteiger partial charge in [-0.15, -0.1) is 0 Å². The first-order valence-corrected chi connectivity index (χ1v) is 7.74. The number of hydrogen-bond acceptors (Lipinski definition) is 4. The van der Waals surface area contributed by atoms with Gasteiger partial charge in [0.1, 0.15) is 0 Å². The van der Waals surface area contributed by atoms with Gasteiger partial charge in [-0.2, -0.15) is 13.2 Å². The van der Waals surface area contributed by atoms with Gasteiger partial charge in [0, 0.05) is 45.0 Å². The Morgan fingerprint density at radius 1 is 1.16 bits per heavy atom. The van der Waals surface area contributed by atoms with Crippen LogP contribution in [0.15, 0.2) is 24.3 Å². The predicted molar refractivity (Wildman–Crippen MR) is 86.2 cm³/mol. The van der Waals surface area contributed by atoms with Gasteiger partial charge in [0.05, 0.1) is 5.56 Å². The minimum atomic E-state index is -4.35. The Labute approximate surface area is 142 Å². The van der Waals surface area contributed by atoms with Crippen molar-refractivity contribution in [1.82, 2.24) is 15.5 Å². The molecule has 1 saturated heterocycles. The lowest BCUT2D eigenvalue weighted by Crippen LogP contribution is -2.49. The molecule has 4 amide bonds. The average molecular weight is 359 g/mol. The van der Waals surface area contributed by atoms with E-state index in [1.807, 2.05) is 10.2 Å². The first kappa shape index (κ1) is 18.8. The molecule has 1 aliphatic heterocycles. The van der Waals surface area contributed by atoms with Crippen molar-refractivity contribution in [3.63, 3.8) is 0 Å². The fraction of sp³-hybridized carbons (Fsp3) is 0.467. The molecule has 25 heavy (non-hydrogen) atoms. The topological polar surface area (TPSA) is 90.7 Å². The van der Waals surface area contributed by atoms with E-state index in [9.17, 15) is 22.8 Å². The summed E-state index contributed by atoms with van der Waals surface area (Å²) in [5.41, 5.74) is 4.71. The Hall–Kier alpha value is -2.49. The summed E-state index contributed by atoms with van der Waals surface area (Å²) >= 11 is 0. The van der Waals surface area contributed by atoms with Crippen LogP contribution in [0.2, 0.25) is 0 Å². The number of urea groups is 2. The average Bonchev–Trinajstić information content (AvgIpc) is 2.54. The maximum Gasteiger partial charge on any atom is 0.416 e. The number of carbonyl (C=O) groups is 2. The van der Waals surface area contributed by atoms with Gasteiger partial charge in [0.25, 0.3) is 0 Å². The number of imide groups is 1. The molecular formula is C15H20F3N5O2. The summed E-state index contributed by atoms with van der Waals surface area (Å²) < 4.78 is 38.4. The number of nitrogens with zero attached hydrogens (tertiary/aromatic N) is 2. The standard InChI is InChI=1S/C15H20F3N5O2/c16-15(17,18)11-2-1-3-12(10-11)23-8-6-22(7-9-23)5-4-20-14(25)21-13(19)24/h1-3,10H,4-9H2,(H4,19,20,21,24,25). The third-order valence-electron chi connectivity index (χ3n) is 3.86. The highest BCUT2D eigenvalue weighted by atomic mass is 19.4. The number of piperazine rings is 1. The molecule has 1 fully saturated rings. The lowest BCUT2D eigenvalue weighted by Gasteiger charge is -2.36. The second-order valence-electron chi connectivity index (χ2n) is 5.62. The number of alkyl halides is 3. The number of hydrogen-bond donors (Lipinski definition) is 3. The molecule has 0 unspecified atom stereocenters. The quantitative estimate of drug-likeness (QED) is 0.754. The summed E-state index contributed by atoms with van der Waals surface area (Å²) in [7, 11) is 0. The van der Waals surface area contributed by atoms with Crippen LogP contribution in [0.4, 0.5) is 28.4 Å². The van der Waals surface area contributed by atoms with Crippen LogP contribution < -0.4 is 21.3 Å². The molecule has 1 heterocycles. The maximum absolute atomic E-state index is 12.8. The highest BCUT2D eigenvalue weighted by Gasteiger charge is 2.31. The van der Waals surface area contributed by atoms with Gasteiger partial charge in [-0.05, 0) is 18.2 Å². The van der Waals surface area contributed by atoms with E-state index in [0.29, 0.717) is 45.0 Å². The van der Waals surface area contributed by atoms with Crippen LogP contribution in [0.25, 0.3) is 0 Å². The number of benzene rings is 1. The highest BCUT2D eigenvalue weighted by molar-refractivity contribution is 5.92. The molecule has 0 bridgehead atoms. The normalized spacial score (nSPS) is 15.7. The van der Waals surface area contributed by atoms with E-state index in [2.05, 4.69) is 10.2 Å². The van der Waals surface area contributed by atoms with Gasteiger partial charge in [0.15, 0.2) is 0 Å². The number of rotatable bonds is 4. The molecule has 0 spiro atoms. The van der Waals surface area contributed by atoms with Crippen molar-refractivity contribution in [3.8, 4) is 0 Å². The van der Waals surface area contributed by atoms with E-state index < -0.39 is 23.8 Å². The van der Waals surface area contributed by atoms with Crippen molar-refractivity contribution >= 4 is 17.7 Å². The highest BCUT2D eigenvalue weighted by Crippen LogP contribution is 2.31. The Morgan fingerprint density at radius 3 is 2.44 bits per heavy atom. The zero-order valence-electron chi connectivity index (χ0n) is 13.5. The Bertz CT molecular complexity index is 615. The number of anilines is 1. The van der Waals surface area contributed by atoms with E-state index in [1.54, 1.807) is 6.07 Å². The molecule has 1 aliphatic rings. The molecule has 0 saturated carbocycles. The van der Waals surface area contributed by atoms with Gasteiger partial charge < -0.3 is 16.0 Å². The van der Waals surface area contributed by atoms with E-state index >= 15 is 0 Å². The number of nitrogens with one attached hydrogen (secondary N) is 2. The zero-order chi connectivity index (χ0) is 18.4. The van der Waals surface area contributed by atoms with E-state index in [4.69, 9.17) is 5.73 Å². The number of nitrogens with two attached hydrogens (primary N) is 1. The van der Waals surface area contributed by atoms with Crippen LogP contribution in [0.3, 0.4) is 0 Å². The van der Waals surface area contributed by atoms with Gasteiger partial charge in [-0.25, -0.2) is 9.59 Å². The smallest absolute Gasteiger partial charge is 0.369 e. The SMILES string of the molecule is NC(=O)NC(=O)NCCN1CCN(c2cccc(C(F)(F)F)c2)CC1. The Morgan fingerprint density at radius 2 is 1.84 bits per heavy atom. The van der Waals surface area contributed by atoms with Crippen LogP contribution in [0.5, 0.6) is 0 Å². The molecule has 2 rings (SSSR count). The number of carbonyl (C=O) groups excluding carboxylic acids is 2. The molecule has 1 aromatic rings. The monoisotopic (exact) mass is 359 g/mol. The van der Waals surface area contributed by atoms with Crippen molar-refractivity contribution in [2.24, 2.45) is 5.73 Å². The van der Waals surface area contributed by atoms with Crippen molar-refractivity contribution in [2.45, 2.75) is 6.18 Å². The van der Waals surface area contributed by atoms with Crippen molar-refractivity contribution in [2.75, 3.05) is 44.2 Å². The third-order valence-corrected chi connectivity index (χ3v) is 3.86. The fourth-order valence-corrected chi connectivity index (χ4v) is 2.59. The Balaban J connectivity index is 1.78. The number of halogens is 3. The fourth-order valence-electron chi connectivity index (χ4n) is 2.59. The summed E-state index contributed by atoms with van der Waals surface area (Å²) in [4.78, 5) is 25.7. The molecule has 0 aliphatic carbocycles. The Kier molecular flexibility index (Phi) is 6.07. The van der Waals surface area contributed by atoms with Crippen LogP contribution in [-0.4, -0.2) is 56.2 Å². The van der Waals surface area contributed by atoms with Crippen LogP contribution in [0, 0.1) is 0 Å². The summed E-state index contributed by atoms with van der Waals surface area (Å²) in [6.45, 7) is 3.42. The predicted octanol–water partition coefficient (Wildman–Crippen LogP) is 1.21. The lowest BCUT2D eigenvalue weighted by atomic mass is 10.1. The lowest BCUT2D eigenvalue weighted by molar-refractivity contribution is -0.137. The van der Waals surface area contributed by atoms with Crippen LogP contribution in [0.1, 0.15) is 5.56 Å². The summed E-state index contributed by atoms with van der Waals surface area (Å²) in [5, 5.41) is 4.39. The molecule has 1 aromatic carbocycles. The maximum atomic E-state index is 12.8. The second kappa shape index (κ2) is 8.06. The molecule has 7 nitrogen and oxygen atoms in total.